The topological polar surface area (TPSA) is 95.9 Å². The summed E-state index contributed by atoms with van der Waals surface area (Å²) in [6.45, 7) is 2.62. The van der Waals surface area contributed by atoms with Gasteiger partial charge in [0.15, 0.2) is 0 Å². The smallest absolute Gasteiger partial charge is 0.328 e. The molecular weight excluding hydrogens is 276 g/mol. The predicted molar refractivity (Wildman–Crippen MR) is 73.7 cm³/mol. The third-order valence-electron chi connectivity index (χ3n) is 4.41. The average molecular weight is 298 g/mol. The summed E-state index contributed by atoms with van der Waals surface area (Å²) in [4.78, 5) is 36.7. The Hall–Kier alpha value is -1.79. The summed E-state index contributed by atoms with van der Waals surface area (Å²) in [5, 5.41) is 11.9. The van der Waals surface area contributed by atoms with E-state index in [4.69, 9.17) is 4.74 Å². The summed E-state index contributed by atoms with van der Waals surface area (Å²) < 4.78 is 4.97. The fourth-order valence-electron chi connectivity index (χ4n) is 2.91. The summed E-state index contributed by atoms with van der Waals surface area (Å²) in [5.74, 6) is -1.25. The Morgan fingerprint density at radius 1 is 1.33 bits per heavy atom. The number of likely N-dealkylation sites (tertiary alicyclic amines) is 1. The zero-order valence-electron chi connectivity index (χ0n) is 12.3. The van der Waals surface area contributed by atoms with Crippen LogP contribution in [0.2, 0.25) is 0 Å². The number of carboxylic acid groups (broad SMARTS) is 1. The van der Waals surface area contributed by atoms with Gasteiger partial charge >= 0.3 is 18.0 Å². The number of nitrogens with one attached hydrogen (secondary N) is 1. The van der Waals surface area contributed by atoms with E-state index in [9.17, 15) is 19.5 Å². The largest absolute Gasteiger partial charge is 0.481 e. The summed E-state index contributed by atoms with van der Waals surface area (Å²) >= 11 is 0. The molecule has 0 aromatic heterocycles. The van der Waals surface area contributed by atoms with Gasteiger partial charge in [-0.15, -0.1) is 0 Å². The van der Waals surface area contributed by atoms with Crippen LogP contribution in [0.3, 0.4) is 0 Å². The summed E-state index contributed by atoms with van der Waals surface area (Å²) in [7, 11) is 0. The van der Waals surface area contributed by atoms with Crippen molar-refractivity contribution in [1.82, 2.24) is 10.2 Å². The molecule has 1 unspecified atom stereocenters. The van der Waals surface area contributed by atoms with E-state index >= 15 is 0 Å². The molecule has 7 nitrogen and oxygen atoms in total. The Balaban J connectivity index is 1.90. The van der Waals surface area contributed by atoms with E-state index in [-0.39, 0.29) is 25.2 Å². The molecule has 2 fully saturated rings. The van der Waals surface area contributed by atoms with Gasteiger partial charge in [0.05, 0.1) is 12.0 Å². The number of urea groups is 1. The Labute approximate surface area is 123 Å². The van der Waals surface area contributed by atoms with Gasteiger partial charge in [-0.1, -0.05) is 6.42 Å². The number of carbonyl (C=O) groups is 3. The molecule has 2 aliphatic rings. The highest BCUT2D eigenvalue weighted by Crippen LogP contribution is 2.40. The van der Waals surface area contributed by atoms with Crippen LogP contribution in [0.15, 0.2) is 0 Å². The highest BCUT2D eigenvalue weighted by atomic mass is 16.5. The first-order chi connectivity index (χ1) is 10.00. The molecular formula is C14H22N2O5. The lowest BCUT2D eigenvalue weighted by molar-refractivity contribution is -0.154. The zero-order chi connectivity index (χ0) is 15.5. The number of carbonyl (C=O) groups excluding carboxylic acids is 2. The molecule has 21 heavy (non-hydrogen) atoms. The van der Waals surface area contributed by atoms with Gasteiger partial charge in [-0.05, 0) is 32.6 Å². The molecule has 0 aromatic rings. The molecule has 0 aromatic carbocycles. The number of rotatable bonds is 5. The molecule has 1 atom stereocenters. The van der Waals surface area contributed by atoms with Gasteiger partial charge in [-0.25, -0.2) is 9.59 Å². The van der Waals surface area contributed by atoms with Crippen molar-refractivity contribution in [3.63, 3.8) is 0 Å². The van der Waals surface area contributed by atoms with Gasteiger partial charge in [0.2, 0.25) is 0 Å². The van der Waals surface area contributed by atoms with Crippen molar-refractivity contribution < 1.29 is 24.2 Å². The minimum absolute atomic E-state index is 0.118. The minimum Gasteiger partial charge on any atom is -0.481 e. The molecule has 0 radical (unpaired) electrons. The van der Waals surface area contributed by atoms with Crippen LogP contribution in [0.1, 0.15) is 39.0 Å². The van der Waals surface area contributed by atoms with E-state index in [0.717, 1.165) is 12.8 Å². The van der Waals surface area contributed by atoms with Crippen LogP contribution in [0.5, 0.6) is 0 Å². The molecule has 1 saturated carbocycles. The van der Waals surface area contributed by atoms with Crippen LogP contribution in [-0.4, -0.2) is 53.7 Å². The molecule has 7 heteroatoms. The lowest BCUT2D eigenvalue weighted by Crippen LogP contribution is -2.52. The third-order valence-corrected chi connectivity index (χ3v) is 4.41. The Morgan fingerprint density at radius 2 is 2.05 bits per heavy atom. The van der Waals surface area contributed by atoms with Crippen molar-refractivity contribution in [2.45, 2.75) is 45.1 Å². The van der Waals surface area contributed by atoms with Gasteiger partial charge < -0.3 is 20.1 Å². The van der Waals surface area contributed by atoms with Crippen LogP contribution in [-0.2, 0) is 14.3 Å². The van der Waals surface area contributed by atoms with E-state index in [1.165, 1.54) is 4.90 Å². The molecule has 2 amide bonds. The van der Waals surface area contributed by atoms with Crippen LogP contribution >= 0.6 is 0 Å². The van der Waals surface area contributed by atoms with Crippen LogP contribution in [0.4, 0.5) is 4.79 Å². The molecule has 1 heterocycles. The second kappa shape index (κ2) is 6.32. The van der Waals surface area contributed by atoms with Crippen molar-refractivity contribution in [1.29, 1.82) is 0 Å². The number of hydrogen-bond acceptors (Lipinski definition) is 4. The van der Waals surface area contributed by atoms with Crippen LogP contribution < -0.4 is 5.32 Å². The average Bonchev–Trinajstić information content (AvgIpc) is 2.86. The Bertz CT molecular complexity index is 433. The SMILES string of the molecule is CCOC(=O)C1CCCN1C(=O)NCC1(C(=O)O)CCC1. The maximum Gasteiger partial charge on any atom is 0.328 e. The van der Waals surface area contributed by atoms with Crippen LogP contribution in [0, 0.1) is 5.41 Å². The first-order valence-corrected chi connectivity index (χ1v) is 7.45. The van der Waals surface area contributed by atoms with Gasteiger partial charge in [-0.2, -0.15) is 0 Å². The number of esters is 1. The Kier molecular flexibility index (Phi) is 4.69. The second-order valence-electron chi connectivity index (χ2n) is 5.70. The fraction of sp³-hybridized carbons (Fsp3) is 0.786. The first-order valence-electron chi connectivity index (χ1n) is 7.45. The predicted octanol–water partition coefficient (Wildman–Crippen LogP) is 0.978. The van der Waals surface area contributed by atoms with Crippen molar-refractivity contribution in [3.05, 3.63) is 0 Å². The van der Waals surface area contributed by atoms with Crippen molar-refractivity contribution in [2.75, 3.05) is 19.7 Å². The normalized spacial score (nSPS) is 23.3. The molecule has 2 rings (SSSR count). The maximum atomic E-state index is 12.2. The maximum absolute atomic E-state index is 12.2. The number of ether oxygens (including phenoxy) is 1. The lowest BCUT2D eigenvalue weighted by Gasteiger charge is -2.38. The summed E-state index contributed by atoms with van der Waals surface area (Å²) in [6, 6.07) is -0.926. The third kappa shape index (κ3) is 3.11. The Morgan fingerprint density at radius 3 is 2.57 bits per heavy atom. The number of carboxylic acids is 1. The highest BCUT2D eigenvalue weighted by molar-refractivity contribution is 5.85. The summed E-state index contributed by atoms with van der Waals surface area (Å²) in [6.07, 6.45) is 3.39. The highest BCUT2D eigenvalue weighted by Gasteiger charge is 2.45. The molecule has 1 aliphatic carbocycles. The van der Waals surface area contributed by atoms with Crippen molar-refractivity contribution in [3.8, 4) is 0 Å². The standard InChI is InChI=1S/C14H22N2O5/c1-2-21-11(17)10-5-3-8-16(10)13(20)15-9-14(12(18)19)6-4-7-14/h10H,2-9H2,1H3,(H,15,20)(H,18,19). The lowest BCUT2D eigenvalue weighted by atomic mass is 9.69. The number of nitrogens with zero attached hydrogens (tertiary/aromatic N) is 1. The van der Waals surface area contributed by atoms with E-state index in [0.29, 0.717) is 25.8 Å². The monoisotopic (exact) mass is 298 g/mol. The van der Waals surface area contributed by atoms with Gasteiger partial charge in [-0.3, -0.25) is 4.79 Å². The minimum atomic E-state index is -0.864. The quantitative estimate of drug-likeness (QED) is 0.738. The van der Waals surface area contributed by atoms with Gasteiger partial charge in [0.25, 0.3) is 0 Å². The van der Waals surface area contributed by atoms with E-state index < -0.39 is 17.4 Å². The molecule has 0 spiro atoms. The zero-order valence-corrected chi connectivity index (χ0v) is 12.3. The molecule has 1 saturated heterocycles. The van der Waals surface area contributed by atoms with Crippen molar-refractivity contribution >= 4 is 18.0 Å². The second-order valence-corrected chi connectivity index (χ2v) is 5.70. The molecule has 118 valence electrons. The van der Waals surface area contributed by atoms with Crippen molar-refractivity contribution in [2.24, 2.45) is 5.41 Å². The van der Waals surface area contributed by atoms with E-state index in [2.05, 4.69) is 5.32 Å². The van der Waals surface area contributed by atoms with E-state index in [1.807, 2.05) is 0 Å². The molecule has 1 aliphatic heterocycles. The van der Waals surface area contributed by atoms with Gasteiger partial charge in [0, 0.05) is 13.1 Å². The number of hydrogen-bond donors (Lipinski definition) is 2. The molecule has 0 bridgehead atoms. The first kappa shape index (κ1) is 15.6. The van der Waals surface area contributed by atoms with Crippen LogP contribution in [0.25, 0.3) is 0 Å². The van der Waals surface area contributed by atoms with Gasteiger partial charge in [0.1, 0.15) is 6.04 Å². The number of amides is 2. The fourth-order valence-corrected chi connectivity index (χ4v) is 2.91. The number of aliphatic carboxylic acids is 1. The molecule has 2 N–H and O–H groups in total. The van der Waals surface area contributed by atoms with E-state index in [1.54, 1.807) is 6.92 Å². The summed E-state index contributed by atoms with van der Waals surface area (Å²) in [5.41, 5.74) is -0.825.